The van der Waals surface area contributed by atoms with Gasteiger partial charge in [0.1, 0.15) is 6.33 Å². The molecule has 0 amide bonds. The molecule has 0 aliphatic rings. The second-order valence-corrected chi connectivity index (χ2v) is 4.72. The van der Waals surface area contributed by atoms with Gasteiger partial charge in [-0.2, -0.15) is 0 Å². The molecule has 0 saturated carbocycles. The Labute approximate surface area is 116 Å². The van der Waals surface area contributed by atoms with Crippen molar-refractivity contribution < 1.29 is 0 Å². The average molecular weight is 282 g/mol. The summed E-state index contributed by atoms with van der Waals surface area (Å²) in [5.74, 6) is 0. The maximum atomic E-state index is 6.19. The molecular weight excluding hydrogens is 269 g/mol. The fourth-order valence-electron chi connectivity index (χ4n) is 1.80. The van der Waals surface area contributed by atoms with E-state index in [-0.39, 0.29) is 6.04 Å². The smallest absolute Gasteiger partial charge is 0.115 e. The molecule has 3 nitrogen and oxygen atoms in total. The van der Waals surface area contributed by atoms with Gasteiger partial charge in [-0.1, -0.05) is 35.3 Å². The van der Waals surface area contributed by atoms with E-state index in [1.807, 2.05) is 19.2 Å². The molecule has 0 aliphatic heterocycles. The largest absolute Gasteiger partial charge is 0.313 e. The summed E-state index contributed by atoms with van der Waals surface area (Å²) in [7, 11) is 1.90. The van der Waals surface area contributed by atoms with Crippen LogP contribution in [0.3, 0.4) is 0 Å². The highest BCUT2D eigenvalue weighted by molar-refractivity contribution is 6.42. The van der Waals surface area contributed by atoms with E-state index in [0.29, 0.717) is 10.0 Å². The lowest BCUT2D eigenvalue weighted by molar-refractivity contribution is 0.587. The molecule has 94 valence electrons. The van der Waals surface area contributed by atoms with Crippen LogP contribution in [0.5, 0.6) is 0 Å². The van der Waals surface area contributed by atoms with Crippen LogP contribution >= 0.6 is 23.2 Å². The first-order valence-electron chi connectivity index (χ1n) is 5.57. The standard InChI is InChI=1S/C13H13Cl2N3/c1-16-12(10-6-17-8-18-7-10)5-9-3-2-4-11(14)13(9)15/h2-4,6-8,12,16H,5H2,1H3. The summed E-state index contributed by atoms with van der Waals surface area (Å²) < 4.78 is 0. The zero-order valence-corrected chi connectivity index (χ0v) is 11.4. The molecule has 2 rings (SSSR count). The molecule has 2 aromatic rings. The van der Waals surface area contributed by atoms with Crippen LogP contribution < -0.4 is 5.32 Å². The maximum absolute atomic E-state index is 6.19. The summed E-state index contributed by atoms with van der Waals surface area (Å²) in [5.41, 5.74) is 2.03. The van der Waals surface area contributed by atoms with Gasteiger partial charge in [-0.3, -0.25) is 0 Å². The van der Waals surface area contributed by atoms with Crippen LogP contribution in [0.15, 0.2) is 36.9 Å². The molecule has 1 N–H and O–H groups in total. The molecule has 0 spiro atoms. The van der Waals surface area contributed by atoms with Crippen molar-refractivity contribution >= 4 is 23.2 Å². The third-order valence-electron chi connectivity index (χ3n) is 2.79. The number of hydrogen-bond donors (Lipinski definition) is 1. The van der Waals surface area contributed by atoms with E-state index in [4.69, 9.17) is 23.2 Å². The summed E-state index contributed by atoms with van der Waals surface area (Å²) in [5, 5.41) is 4.42. The highest BCUT2D eigenvalue weighted by Crippen LogP contribution is 2.28. The third kappa shape index (κ3) is 2.99. The summed E-state index contributed by atoms with van der Waals surface area (Å²) in [6.45, 7) is 0. The lowest BCUT2D eigenvalue weighted by atomic mass is 10.0. The molecule has 0 bridgehead atoms. The van der Waals surface area contributed by atoms with E-state index in [9.17, 15) is 0 Å². The lowest BCUT2D eigenvalue weighted by Crippen LogP contribution is -2.19. The molecule has 0 radical (unpaired) electrons. The minimum atomic E-state index is 0.113. The van der Waals surface area contributed by atoms with E-state index in [0.717, 1.165) is 17.5 Å². The van der Waals surface area contributed by atoms with Crippen LogP contribution in [0.1, 0.15) is 17.2 Å². The molecule has 1 unspecified atom stereocenters. The van der Waals surface area contributed by atoms with Crippen LogP contribution in [0.25, 0.3) is 0 Å². The van der Waals surface area contributed by atoms with Crippen molar-refractivity contribution in [3.05, 3.63) is 58.1 Å². The highest BCUT2D eigenvalue weighted by atomic mass is 35.5. The Morgan fingerprint density at radius 3 is 2.61 bits per heavy atom. The predicted octanol–water partition coefficient (Wildman–Crippen LogP) is 3.29. The van der Waals surface area contributed by atoms with E-state index in [1.165, 1.54) is 6.33 Å². The van der Waals surface area contributed by atoms with Crippen molar-refractivity contribution in [2.45, 2.75) is 12.5 Å². The Balaban J connectivity index is 2.24. The van der Waals surface area contributed by atoms with Gasteiger partial charge in [0.15, 0.2) is 0 Å². The monoisotopic (exact) mass is 281 g/mol. The van der Waals surface area contributed by atoms with E-state index in [2.05, 4.69) is 15.3 Å². The van der Waals surface area contributed by atoms with E-state index in [1.54, 1.807) is 18.5 Å². The van der Waals surface area contributed by atoms with Crippen LogP contribution in [0, 0.1) is 0 Å². The quantitative estimate of drug-likeness (QED) is 0.935. The molecule has 1 atom stereocenters. The topological polar surface area (TPSA) is 37.8 Å². The van der Waals surface area contributed by atoms with Crippen molar-refractivity contribution in [1.29, 1.82) is 0 Å². The first-order valence-corrected chi connectivity index (χ1v) is 6.33. The van der Waals surface area contributed by atoms with Gasteiger partial charge in [-0.15, -0.1) is 0 Å². The Kier molecular flexibility index (Phi) is 4.53. The number of nitrogens with one attached hydrogen (secondary N) is 1. The molecule has 0 fully saturated rings. The third-order valence-corrected chi connectivity index (χ3v) is 3.65. The molecule has 1 aromatic carbocycles. The fourth-order valence-corrected chi connectivity index (χ4v) is 2.20. The minimum absolute atomic E-state index is 0.113. The van der Waals surface area contributed by atoms with Gasteiger partial charge in [0, 0.05) is 24.0 Å². The first-order chi connectivity index (χ1) is 8.72. The highest BCUT2D eigenvalue weighted by Gasteiger charge is 2.13. The van der Waals surface area contributed by atoms with Crippen LogP contribution in [0.4, 0.5) is 0 Å². The molecular formula is C13H13Cl2N3. The Bertz CT molecular complexity index is 517. The van der Waals surface area contributed by atoms with Crippen molar-refractivity contribution in [1.82, 2.24) is 15.3 Å². The normalized spacial score (nSPS) is 12.4. The first kappa shape index (κ1) is 13.3. The second kappa shape index (κ2) is 6.14. The predicted molar refractivity (Wildman–Crippen MR) is 74.0 cm³/mol. The molecule has 1 aromatic heterocycles. The van der Waals surface area contributed by atoms with E-state index < -0.39 is 0 Å². The van der Waals surface area contributed by atoms with Crippen molar-refractivity contribution in [2.75, 3.05) is 7.05 Å². The number of benzene rings is 1. The van der Waals surface area contributed by atoms with Gasteiger partial charge in [-0.25, -0.2) is 9.97 Å². The number of hydrogen-bond acceptors (Lipinski definition) is 3. The zero-order chi connectivity index (χ0) is 13.0. The number of aromatic nitrogens is 2. The molecule has 0 aliphatic carbocycles. The summed E-state index contributed by atoms with van der Waals surface area (Å²) in [4.78, 5) is 8.05. The Morgan fingerprint density at radius 2 is 1.94 bits per heavy atom. The second-order valence-electron chi connectivity index (χ2n) is 3.93. The maximum Gasteiger partial charge on any atom is 0.115 e. The van der Waals surface area contributed by atoms with Gasteiger partial charge in [0.05, 0.1) is 10.0 Å². The van der Waals surface area contributed by atoms with E-state index >= 15 is 0 Å². The fraction of sp³-hybridized carbons (Fsp3) is 0.231. The van der Waals surface area contributed by atoms with Crippen molar-refractivity contribution in [2.24, 2.45) is 0 Å². The van der Waals surface area contributed by atoms with Gasteiger partial charge >= 0.3 is 0 Å². The minimum Gasteiger partial charge on any atom is -0.313 e. The Hall–Kier alpha value is -1.16. The van der Waals surface area contributed by atoms with Crippen LogP contribution in [-0.2, 0) is 6.42 Å². The number of nitrogens with zero attached hydrogens (tertiary/aromatic N) is 2. The lowest BCUT2D eigenvalue weighted by Gasteiger charge is -2.17. The number of likely N-dealkylation sites (N-methyl/N-ethyl adjacent to an activating group) is 1. The van der Waals surface area contributed by atoms with Crippen molar-refractivity contribution in [3.63, 3.8) is 0 Å². The number of halogens is 2. The van der Waals surface area contributed by atoms with Crippen LogP contribution in [0.2, 0.25) is 10.0 Å². The van der Waals surface area contributed by atoms with Gasteiger partial charge in [-0.05, 0) is 25.1 Å². The summed E-state index contributed by atoms with van der Waals surface area (Å²) in [6, 6.07) is 5.77. The summed E-state index contributed by atoms with van der Waals surface area (Å²) >= 11 is 12.2. The molecule has 5 heteroatoms. The van der Waals surface area contributed by atoms with Crippen LogP contribution in [-0.4, -0.2) is 17.0 Å². The van der Waals surface area contributed by atoms with Gasteiger partial charge < -0.3 is 5.32 Å². The number of rotatable bonds is 4. The van der Waals surface area contributed by atoms with Gasteiger partial charge in [0.25, 0.3) is 0 Å². The SMILES string of the molecule is CNC(Cc1cccc(Cl)c1Cl)c1cncnc1. The average Bonchev–Trinajstić information content (AvgIpc) is 2.41. The summed E-state index contributed by atoms with van der Waals surface area (Å²) in [6.07, 6.45) is 5.85. The molecule has 18 heavy (non-hydrogen) atoms. The Morgan fingerprint density at radius 1 is 1.22 bits per heavy atom. The zero-order valence-electron chi connectivity index (χ0n) is 9.90. The van der Waals surface area contributed by atoms with Gasteiger partial charge in [0.2, 0.25) is 0 Å². The molecule has 0 saturated heterocycles. The molecule has 1 heterocycles. The van der Waals surface area contributed by atoms with Crippen molar-refractivity contribution in [3.8, 4) is 0 Å².